The van der Waals surface area contributed by atoms with E-state index in [0.717, 1.165) is 19.5 Å². The monoisotopic (exact) mass is 176 g/mol. The molecule has 1 aliphatic rings. The highest BCUT2D eigenvalue weighted by Crippen LogP contribution is 2.22. The average Bonchev–Trinajstić information content (AvgIpc) is 2.17. The lowest BCUT2D eigenvalue weighted by molar-refractivity contribution is 0.627. The molecule has 1 aromatic rings. The van der Waals surface area contributed by atoms with Crippen molar-refractivity contribution in [3.63, 3.8) is 0 Å². The molecule has 0 saturated carbocycles. The van der Waals surface area contributed by atoms with Gasteiger partial charge >= 0.3 is 0 Å². The largest absolute Gasteiger partial charge is 0.312 e. The molecule has 2 heterocycles. The summed E-state index contributed by atoms with van der Waals surface area (Å²) in [6.07, 6.45) is 3.07. The lowest BCUT2D eigenvalue weighted by atomic mass is 9.95. The van der Waals surface area contributed by atoms with E-state index in [1.54, 1.807) is 0 Å². The van der Waals surface area contributed by atoms with E-state index < -0.39 is 0 Å². The molecule has 0 aromatic carbocycles. The first-order valence-electron chi connectivity index (χ1n) is 4.96. The predicted octanol–water partition coefficient (Wildman–Crippen LogP) is 1.85. The first kappa shape index (κ1) is 8.70. The molecule has 0 saturated heterocycles. The van der Waals surface area contributed by atoms with Gasteiger partial charge in [0.2, 0.25) is 0 Å². The van der Waals surface area contributed by atoms with Crippen LogP contribution in [0.3, 0.4) is 0 Å². The first-order valence-corrected chi connectivity index (χ1v) is 4.96. The predicted molar refractivity (Wildman–Crippen MR) is 53.7 cm³/mol. The fourth-order valence-corrected chi connectivity index (χ4v) is 1.94. The number of nitrogens with zero attached hydrogens (tertiary/aromatic N) is 1. The molecule has 2 rings (SSSR count). The normalized spacial score (nSPS) is 15.9. The van der Waals surface area contributed by atoms with E-state index in [1.807, 2.05) is 6.20 Å². The van der Waals surface area contributed by atoms with Crippen molar-refractivity contribution in [3.8, 4) is 0 Å². The Labute approximate surface area is 79.4 Å². The van der Waals surface area contributed by atoms with Gasteiger partial charge in [0.25, 0.3) is 0 Å². The Kier molecular flexibility index (Phi) is 2.32. The number of aromatic nitrogens is 1. The second-order valence-electron chi connectivity index (χ2n) is 3.92. The molecular formula is C11H16N2. The van der Waals surface area contributed by atoms with E-state index in [-0.39, 0.29) is 0 Å². The summed E-state index contributed by atoms with van der Waals surface area (Å²) in [6.45, 7) is 6.53. The number of nitrogens with one attached hydrogen (secondary N) is 1. The van der Waals surface area contributed by atoms with E-state index in [0.29, 0.717) is 5.92 Å². The topological polar surface area (TPSA) is 24.9 Å². The van der Waals surface area contributed by atoms with E-state index in [1.165, 1.54) is 16.8 Å². The van der Waals surface area contributed by atoms with Crippen LogP contribution >= 0.6 is 0 Å². The van der Waals surface area contributed by atoms with Crippen molar-refractivity contribution < 1.29 is 0 Å². The lowest BCUT2D eigenvalue weighted by Crippen LogP contribution is -2.25. The number of pyridine rings is 1. The quantitative estimate of drug-likeness (QED) is 0.706. The summed E-state index contributed by atoms with van der Waals surface area (Å²) in [5.41, 5.74) is 4.21. The molecule has 0 aliphatic carbocycles. The summed E-state index contributed by atoms with van der Waals surface area (Å²) in [6, 6.07) is 2.13. The Hall–Kier alpha value is -0.890. The third kappa shape index (κ3) is 1.59. The summed E-state index contributed by atoms with van der Waals surface area (Å²) in [5, 5.41) is 3.38. The Morgan fingerprint density at radius 2 is 2.31 bits per heavy atom. The van der Waals surface area contributed by atoms with Gasteiger partial charge in [0.1, 0.15) is 0 Å². The number of hydrogen-bond donors (Lipinski definition) is 1. The van der Waals surface area contributed by atoms with Gasteiger partial charge in [-0.25, -0.2) is 0 Å². The molecule has 0 unspecified atom stereocenters. The minimum atomic E-state index is 0.549. The zero-order chi connectivity index (χ0) is 9.26. The molecule has 0 bridgehead atoms. The molecule has 0 amide bonds. The van der Waals surface area contributed by atoms with E-state index in [9.17, 15) is 0 Å². The molecule has 0 spiro atoms. The van der Waals surface area contributed by atoms with Crippen LogP contribution in [-0.4, -0.2) is 11.5 Å². The molecule has 0 atom stereocenters. The molecule has 2 nitrogen and oxygen atoms in total. The fourth-order valence-electron chi connectivity index (χ4n) is 1.94. The Balaban J connectivity index is 2.46. The summed E-state index contributed by atoms with van der Waals surface area (Å²) < 4.78 is 0. The molecule has 0 fully saturated rings. The van der Waals surface area contributed by atoms with Crippen LogP contribution < -0.4 is 5.32 Å². The number of fused-ring (bicyclic) bond motifs is 1. The molecule has 2 heteroatoms. The maximum Gasteiger partial charge on any atom is 0.0464 e. The van der Waals surface area contributed by atoms with Crippen LogP contribution in [0.25, 0.3) is 0 Å². The number of rotatable bonds is 1. The van der Waals surface area contributed by atoms with Crippen molar-refractivity contribution in [1.29, 1.82) is 0 Å². The Morgan fingerprint density at radius 1 is 1.46 bits per heavy atom. The highest BCUT2D eigenvalue weighted by Gasteiger charge is 2.14. The van der Waals surface area contributed by atoms with Gasteiger partial charge in [0.05, 0.1) is 0 Å². The van der Waals surface area contributed by atoms with Crippen LogP contribution in [0.15, 0.2) is 12.3 Å². The highest BCUT2D eigenvalue weighted by atomic mass is 14.9. The van der Waals surface area contributed by atoms with Crippen molar-refractivity contribution in [2.75, 3.05) is 6.54 Å². The molecule has 1 N–H and O–H groups in total. The lowest BCUT2D eigenvalue weighted by Gasteiger charge is -2.20. The van der Waals surface area contributed by atoms with Crippen LogP contribution in [0.1, 0.15) is 36.6 Å². The summed E-state index contributed by atoms with van der Waals surface area (Å²) in [5.74, 6) is 0.549. The standard InChI is InChI=1S/C11H16N2/c1-8(2)11-10-4-5-12-7-9(10)3-6-13-11/h3,6,8,12H,4-5,7H2,1-2H3. The van der Waals surface area contributed by atoms with Gasteiger partial charge in [-0.3, -0.25) is 4.98 Å². The van der Waals surface area contributed by atoms with Crippen molar-refractivity contribution in [2.24, 2.45) is 0 Å². The molecule has 1 aliphatic heterocycles. The minimum absolute atomic E-state index is 0.549. The van der Waals surface area contributed by atoms with Crippen LogP contribution in [0.4, 0.5) is 0 Å². The van der Waals surface area contributed by atoms with Gasteiger partial charge < -0.3 is 5.32 Å². The smallest absolute Gasteiger partial charge is 0.0464 e. The van der Waals surface area contributed by atoms with Crippen LogP contribution in [0.5, 0.6) is 0 Å². The van der Waals surface area contributed by atoms with Crippen molar-refractivity contribution in [2.45, 2.75) is 32.7 Å². The van der Waals surface area contributed by atoms with E-state index >= 15 is 0 Å². The Bertz CT molecular complexity index is 305. The third-order valence-electron chi connectivity index (χ3n) is 2.60. The second-order valence-corrected chi connectivity index (χ2v) is 3.92. The zero-order valence-electron chi connectivity index (χ0n) is 8.30. The molecular weight excluding hydrogens is 160 g/mol. The SMILES string of the molecule is CC(C)c1nccc2c1CCNC2. The van der Waals surface area contributed by atoms with Gasteiger partial charge in [-0.05, 0) is 36.1 Å². The fraction of sp³-hybridized carbons (Fsp3) is 0.545. The minimum Gasteiger partial charge on any atom is -0.312 e. The third-order valence-corrected chi connectivity index (χ3v) is 2.60. The molecule has 1 aromatic heterocycles. The van der Waals surface area contributed by atoms with Crippen molar-refractivity contribution in [3.05, 3.63) is 29.1 Å². The van der Waals surface area contributed by atoms with Gasteiger partial charge in [-0.15, -0.1) is 0 Å². The molecule has 0 radical (unpaired) electrons. The van der Waals surface area contributed by atoms with Crippen LogP contribution in [0.2, 0.25) is 0 Å². The van der Waals surface area contributed by atoms with E-state index in [4.69, 9.17) is 0 Å². The van der Waals surface area contributed by atoms with Gasteiger partial charge in [0.15, 0.2) is 0 Å². The second kappa shape index (κ2) is 3.46. The van der Waals surface area contributed by atoms with Crippen LogP contribution in [0, 0.1) is 0 Å². The van der Waals surface area contributed by atoms with Gasteiger partial charge in [-0.2, -0.15) is 0 Å². The van der Waals surface area contributed by atoms with Crippen LogP contribution in [-0.2, 0) is 13.0 Å². The first-order chi connectivity index (χ1) is 6.29. The van der Waals surface area contributed by atoms with E-state index in [2.05, 4.69) is 30.2 Å². The molecule has 13 heavy (non-hydrogen) atoms. The summed E-state index contributed by atoms with van der Waals surface area (Å²) in [7, 11) is 0. The van der Waals surface area contributed by atoms with Gasteiger partial charge in [-0.1, -0.05) is 13.8 Å². The summed E-state index contributed by atoms with van der Waals surface area (Å²) >= 11 is 0. The molecule has 70 valence electrons. The highest BCUT2D eigenvalue weighted by molar-refractivity contribution is 5.33. The Morgan fingerprint density at radius 3 is 3.08 bits per heavy atom. The van der Waals surface area contributed by atoms with Gasteiger partial charge in [0, 0.05) is 18.4 Å². The van der Waals surface area contributed by atoms with Crippen molar-refractivity contribution >= 4 is 0 Å². The average molecular weight is 176 g/mol. The summed E-state index contributed by atoms with van der Waals surface area (Å²) in [4.78, 5) is 4.46. The zero-order valence-corrected chi connectivity index (χ0v) is 8.30. The van der Waals surface area contributed by atoms with Crippen molar-refractivity contribution in [1.82, 2.24) is 10.3 Å². The number of hydrogen-bond acceptors (Lipinski definition) is 2. The maximum atomic E-state index is 4.46. The maximum absolute atomic E-state index is 4.46.